The molecule has 0 atom stereocenters. The number of hydrogen-bond donors (Lipinski definition) is 0. The van der Waals surface area contributed by atoms with Gasteiger partial charge in [-0.2, -0.15) is 0 Å². The number of fused-ring (bicyclic) bond motifs is 1. The van der Waals surface area contributed by atoms with Crippen LogP contribution in [0.2, 0.25) is 0 Å². The first-order valence-corrected chi connectivity index (χ1v) is 9.54. The average Bonchev–Trinajstić information content (AvgIpc) is 3.18. The van der Waals surface area contributed by atoms with Crippen molar-refractivity contribution < 1.29 is 9.53 Å². The Labute approximate surface area is 156 Å². The number of carbonyl (C=O) groups excluding carboxylic acids is 1. The maximum absolute atomic E-state index is 12.4. The van der Waals surface area contributed by atoms with Gasteiger partial charge in [0.1, 0.15) is 5.82 Å². The Bertz CT molecular complexity index is 769. The molecule has 0 aliphatic carbocycles. The van der Waals surface area contributed by atoms with E-state index in [4.69, 9.17) is 9.72 Å². The van der Waals surface area contributed by atoms with Gasteiger partial charge in [0.15, 0.2) is 0 Å². The Hall–Kier alpha value is -2.14. The van der Waals surface area contributed by atoms with Crippen LogP contribution in [-0.2, 0) is 16.1 Å². The van der Waals surface area contributed by atoms with Crippen molar-refractivity contribution >= 4 is 22.6 Å². The molecule has 0 radical (unpaired) electrons. The predicted molar refractivity (Wildman–Crippen MR) is 106 cm³/mol. The van der Waals surface area contributed by atoms with Crippen molar-refractivity contribution in [3.8, 4) is 0 Å². The van der Waals surface area contributed by atoms with Gasteiger partial charge in [0.05, 0.1) is 12.1 Å². The Morgan fingerprint density at radius 2 is 2.04 bits per heavy atom. The summed E-state index contributed by atoms with van der Waals surface area (Å²) in [6.07, 6.45) is 2.91. The molecule has 0 unspecified atom stereocenters. The molecule has 2 aromatic rings. The van der Waals surface area contributed by atoms with Gasteiger partial charge in [-0.15, -0.1) is 0 Å². The van der Waals surface area contributed by atoms with Crippen LogP contribution in [0.5, 0.6) is 0 Å². The largest absolute Gasteiger partial charge is 0.383 e. The van der Waals surface area contributed by atoms with Gasteiger partial charge < -0.3 is 14.5 Å². The SMILES string of the molecule is CCC(=O)N(CCOC)Cc1cc2cc(C)ccc2nc1N1CCCC1. The predicted octanol–water partition coefficient (Wildman–Crippen LogP) is 3.53. The monoisotopic (exact) mass is 355 g/mol. The number of methoxy groups -OCH3 is 1. The molecule has 1 aromatic heterocycles. The minimum atomic E-state index is 0.152. The summed E-state index contributed by atoms with van der Waals surface area (Å²) in [6.45, 7) is 7.82. The van der Waals surface area contributed by atoms with E-state index in [0.717, 1.165) is 35.4 Å². The highest BCUT2D eigenvalue weighted by Gasteiger charge is 2.21. The van der Waals surface area contributed by atoms with E-state index in [1.165, 1.54) is 18.4 Å². The maximum Gasteiger partial charge on any atom is 0.222 e. The number of aromatic nitrogens is 1. The molecule has 1 fully saturated rings. The number of pyridine rings is 1. The van der Waals surface area contributed by atoms with Crippen molar-refractivity contribution in [1.82, 2.24) is 9.88 Å². The minimum Gasteiger partial charge on any atom is -0.383 e. The van der Waals surface area contributed by atoms with Crippen molar-refractivity contribution in [3.63, 3.8) is 0 Å². The number of hydrogen-bond acceptors (Lipinski definition) is 4. The highest BCUT2D eigenvalue weighted by atomic mass is 16.5. The van der Waals surface area contributed by atoms with E-state index in [0.29, 0.717) is 26.1 Å². The lowest BCUT2D eigenvalue weighted by Gasteiger charge is -2.26. The molecule has 0 spiro atoms. The second-order valence-electron chi connectivity index (χ2n) is 7.02. The number of rotatable bonds is 7. The van der Waals surface area contributed by atoms with Crippen molar-refractivity contribution in [2.75, 3.05) is 38.3 Å². The maximum atomic E-state index is 12.4. The smallest absolute Gasteiger partial charge is 0.222 e. The zero-order valence-corrected chi connectivity index (χ0v) is 16.1. The first-order chi connectivity index (χ1) is 12.6. The van der Waals surface area contributed by atoms with Crippen LogP contribution < -0.4 is 4.90 Å². The Balaban J connectivity index is 1.99. The van der Waals surface area contributed by atoms with Gasteiger partial charge >= 0.3 is 0 Å². The van der Waals surface area contributed by atoms with Crippen molar-refractivity contribution in [2.24, 2.45) is 0 Å². The molecule has 0 saturated carbocycles. The number of anilines is 1. The Kier molecular flexibility index (Phi) is 6.09. The first kappa shape index (κ1) is 18.6. The van der Waals surface area contributed by atoms with Gasteiger partial charge in [-0.3, -0.25) is 4.79 Å². The summed E-state index contributed by atoms with van der Waals surface area (Å²) in [5, 5.41) is 1.14. The van der Waals surface area contributed by atoms with E-state index >= 15 is 0 Å². The lowest BCUT2D eigenvalue weighted by Crippen LogP contribution is -2.34. The van der Waals surface area contributed by atoms with Gasteiger partial charge in [0.25, 0.3) is 0 Å². The number of aryl methyl sites for hydroxylation is 1. The van der Waals surface area contributed by atoms with Crippen LogP contribution in [0, 0.1) is 6.92 Å². The van der Waals surface area contributed by atoms with Crippen LogP contribution in [0.4, 0.5) is 5.82 Å². The van der Waals surface area contributed by atoms with Crippen LogP contribution in [0.25, 0.3) is 10.9 Å². The first-order valence-electron chi connectivity index (χ1n) is 9.54. The van der Waals surface area contributed by atoms with E-state index in [-0.39, 0.29) is 5.91 Å². The number of carbonyl (C=O) groups is 1. The van der Waals surface area contributed by atoms with E-state index in [9.17, 15) is 4.79 Å². The molecule has 1 aliphatic rings. The second-order valence-corrected chi connectivity index (χ2v) is 7.02. The van der Waals surface area contributed by atoms with Crippen LogP contribution in [0.15, 0.2) is 24.3 Å². The normalized spacial score (nSPS) is 14.2. The average molecular weight is 355 g/mol. The van der Waals surface area contributed by atoms with Crippen LogP contribution in [0.3, 0.4) is 0 Å². The fourth-order valence-electron chi connectivity index (χ4n) is 3.57. The molecular weight excluding hydrogens is 326 g/mol. The van der Waals surface area contributed by atoms with Gasteiger partial charge in [-0.25, -0.2) is 4.98 Å². The van der Waals surface area contributed by atoms with E-state index in [1.807, 2.05) is 11.8 Å². The summed E-state index contributed by atoms with van der Waals surface area (Å²) in [5.41, 5.74) is 3.37. The number of benzene rings is 1. The second kappa shape index (κ2) is 8.49. The summed E-state index contributed by atoms with van der Waals surface area (Å²) in [4.78, 5) is 21.6. The molecule has 0 bridgehead atoms. The molecule has 26 heavy (non-hydrogen) atoms. The standard InChI is InChI=1S/C21H29N3O2/c1-4-20(25)24(11-12-26-3)15-18-14-17-13-16(2)7-8-19(17)22-21(18)23-9-5-6-10-23/h7-8,13-14H,4-6,9-12,15H2,1-3H3. The molecule has 1 aliphatic heterocycles. The van der Waals surface area contributed by atoms with Gasteiger partial charge in [0.2, 0.25) is 5.91 Å². The highest BCUT2D eigenvalue weighted by Crippen LogP contribution is 2.28. The number of amides is 1. The summed E-state index contributed by atoms with van der Waals surface area (Å²) in [7, 11) is 1.67. The van der Waals surface area contributed by atoms with Crippen LogP contribution >= 0.6 is 0 Å². The zero-order valence-electron chi connectivity index (χ0n) is 16.1. The Morgan fingerprint density at radius 3 is 2.73 bits per heavy atom. The van der Waals surface area contributed by atoms with Crippen LogP contribution in [-0.4, -0.2) is 49.1 Å². The van der Waals surface area contributed by atoms with Gasteiger partial charge in [-0.05, 0) is 38.0 Å². The van der Waals surface area contributed by atoms with Crippen LogP contribution in [0.1, 0.15) is 37.3 Å². The van der Waals surface area contributed by atoms with E-state index in [2.05, 4.69) is 36.1 Å². The topological polar surface area (TPSA) is 45.7 Å². The molecule has 0 N–H and O–H groups in total. The molecule has 5 heteroatoms. The zero-order chi connectivity index (χ0) is 18.5. The summed E-state index contributed by atoms with van der Waals surface area (Å²) < 4.78 is 5.20. The Morgan fingerprint density at radius 1 is 1.27 bits per heavy atom. The van der Waals surface area contributed by atoms with Gasteiger partial charge in [0, 0.05) is 50.7 Å². The quantitative estimate of drug-likeness (QED) is 0.762. The minimum absolute atomic E-state index is 0.152. The lowest BCUT2D eigenvalue weighted by molar-refractivity contribution is -0.132. The third-order valence-corrected chi connectivity index (χ3v) is 5.01. The number of ether oxygens (including phenoxy) is 1. The van der Waals surface area contributed by atoms with Crippen molar-refractivity contribution in [1.29, 1.82) is 0 Å². The third kappa shape index (κ3) is 4.15. The molecule has 3 rings (SSSR count). The van der Waals surface area contributed by atoms with Crippen molar-refractivity contribution in [3.05, 3.63) is 35.4 Å². The summed E-state index contributed by atoms with van der Waals surface area (Å²) >= 11 is 0. The number of nitrogens with zero attached hydrogens (tertiary/aromatic N) is 3. The molecule has 5 nitrogen and oxygen atoms in total. The molecule has 2 heterocycles. The summed E-state index contributed by atoms with van der Waals surface area (Å²) in [6, 6.07) is 8.58. The lowest BCUT2D eigenvalue weighted by atomic mass is 10.1. The van der Waals surface area contributed by atoms with Crippen molar-refractivity contribution in [2.45, 2.75) is 39.7 Å². The fourth-order valence-corrected chi connectivity index (χ4v) is 3.57. The fraction of sp³-hybridized carbons (Fsp3) is 0.524. The molecule has 1 saturated heterocycles. The third-order valence-electron chi connectivity index (χ3n) is 5.01. The molecule has 1 amide bonds. The van der Waals surface area contributed by atoms with Gasteiger partial charge in [-0.1, -0.05) is 18.6 Å². The molecule has 140 valence electrons. The highest BCUT2D eigenvalue weighted by molar-refractivity contribution is 5.83. The molecule has 1 aromatic carbocycles. The summed E-state index contributed by atoms with van der Waals surface area (Å²) in [5.74, 6) is 1.18. The molecular formula is C21H29N3O2. The van der Waals surface area contributed by atoms with E-state index in [1.54, 1.807) is 7.11 Å². The van der Waals surface area contributed by atoms with E-state index < -0.39 is 0 Å².